The van der Waals surface area contributed by atoms with Crippen LogP contribution in [0, 0.1) is 11.3 Å². The Morgan fingerprint density at radius 1 is 1.24 bits per heavy atom. The first-order chi connectivity index (χ1) is 8.29. The van der Waals surface area contributed by atoms with E-state index < -0.39 is 0 Å². The second-order valence-electron chi connectivity index (χ2n) is 5.88. The van der Waals surface area contributed by atoms with Crippen LogP contribution in [0.4, 0.5) is 0 Å². The van der Waals surface area contributed by atoms with Gasteiger partial charge >= 0.3 is 0 Å². The van der Waals surface area contributed by atoms with E-state index in [1.165, 1.54) is 38.6 Å². The van der Waals surface area contributed by atoms with Gasteiger partial charge in [-0.05, 0) is 31.7 Å². The summed E-state index contributed by atoms with van der Waals surface area (Å²) in [6.45, 7) is 6.45. The van der Waals surface area contributed by atoms with E-state index in [0.29, 0.717) is 17.4 Å². The van der Waals surface area contributed by atoms with Crippen molar-refractivity contribution < 1.29 is 4.74 Å². The van der Waals surface area contributed by atoms with E-state index in [-0.39, 0.29) is 0 Å². The average molecular weight is 240 g/mol. The summed E-state index contributed by atoms with van der Waals surface area (Å²) in [6, 6.07) is 0.545. The summed E-state index contributed by atoms with van der Waals surface area (Å²) in [6.07, 6.45) is 7.04. The maximum absolute atomic E-state index is 5.53. The van der Waals surface area contributed by atoms with Gasteiger partial charge in [0.05, 0.1) is 13.2 Å². The lowest BCUT2D eigenvalue weighted by molar-refractivity contribution is 0.181. The molecule has 100 valence electrons. The van der Waals surface area contributed by atoms with Crippen molar-refractivity contribution in [2.24, 2.45) is 11.3 Å². The Bertz CT molecular complexity index is 226. The van der Waals surface area contributed by atoms with E-state index in [0.717, 1.165) is 19.8 Å². The van der Waals surface area contributed by atoms with Gasteiger partial charge in [-0.15, -0.1) is 0 Å². The van der Waals surface area contributed by atoms with Crippen LogP contribution >= 0.6 is 0 Å². The third-order valence-electron chi connectivity index (χ3n) is 4.89. The van der Waals surface area contributed by atoms with Crippen LogP contribution in [0.1, 0.15) is 39.0 Å². The van der Waals surface area contributed by atoms with Crippen molar-refractivity contribution >= 4 is 0 Å². The van der Waals surface area contributed by atoms with Gasteiger partial charge < -0.3 is 15.4 Å². The van der Waals surface area contributed by atoms with Gasteiger partial charge in [-0.1, -0.05) is 19.8 Å². The topological polar surface area (TPSA) is 33.3 Å². The molecule has 0 aromatic rings. The fourth-order valence-corrected chi connectivity index (χ4v) is 3.42. The molecule has 1 saturated heterocycles. The van der Waals surface area contributed by atoms with E-state index in [2.05, 4.69) is 17.6 Å². The summed E-state index contributed by atoms with van der Waals surface area (Å²) < 4.78 is 5.53. The fourth-order valence-electron chi connectivity index (χ4n) is 3.42. The first-order valence-corrected chi connectivity index (χ1v) is 7.25. The van der Waals surface area contributed by atoms with Gasteiger partial charge in [-0.25, -0.2) is 0 Å². The minimum Gasteiger partial charge on any atom is -0.379 e. The molecule has 1 aliphatic heterocycles. The van der Waals surface area contributed by atoms with Crippen LogP contribution in [0.5, 0.6) is 0 Å². The average Bonchev–Trinajstić information content (AvgIpc) is 2.98. The largest absolute Gasteiger partial charge is 0.379 e. The molecule has 3 nitrogen and oxygen atoms in total. The summed E-state index contributed by atoms with van der Waals surface area (Å²) in [4.78, 5) is 0. The highest BCUT2D eigenvalue weighted by Crippen LogP contribution is 2.40. The van der Waals surface area contributed by atoms with Crippen LogP contribution in [-0.2, 0) is 4.74 Å². The molecule has 2 fully saturated rings. The van der Waals surface area contributed by atoms with Crippen LogP contribution in [0.15, 0.2) is 0 Å². The number of hydrogen-bond acceptors (Lipinski definition) is 3. The highest BCUT2D eigenvalue weighted by Gasteiger charge is 2.32. The molecule has 2 N–H and O–H groups in total. The zero-order valence-corrected chi connectivity index (χ0v) is 11.4. The molecule has 2 rings (SSSR count). The molecule has 17 heavy (non-hydrogen) atoms. The Kier molecular flexibility index (Phi) is 4.83. The molecule has 2 unspecified atom stereocenters. The van der Waals surface area contributed by atoms with E-state index >= 15 is 0 Å². The second-order valence-corrected chi connectivity index (χ2v) is 5.88. The third kappa shape index (κ3) is 3.21. The van der Waals surface area contributed by atoms with E-state index in [1.807, 2.05) is 7.05 Å². The van der Waals surface area contributed by atoms with Gasteiger partial charge in [0.15, 0.2) is 0 Å². The lowest BCUT2D eigenvalue weighted by Gasteiger charge is -2.29. The van der Waals surface area contributed by atoms with Crippen LogP contribution in [-0.4, -0.2) is 39.4 Å². The van der Waals surface area contributed by atoms with Gasteiger partial charge in [0.2, 0.25) is 0 Å². The van der Waals surface area contributed by atoms with Gasteiger partial charge in [0, 0.05) is 25.0 Å². The maximum atomic E-state index is 5.53. The van der Waals surface area contributed by atoms with Gasteiger partial charge in [0.1, 0.15) is 0 Å². The summed E-state index contributed by atoms with van der Waals surface area (Å²) in [5.74, 6) is 0.648. The van der Waals surface area contributed by atoms with Crippen LogP contribution in [0.25, 0.3) is 0 Å². The Labute approximate surface area is 106 Å². The Morgan fingerprint density at radius 2 is 2.00 bits per heavy atom. The molecular weight excluding hydrogens is 212 g/mol. The van der Waals surface area contributed by atoms with E-state index in [9.17, 15) is 0 Å². The summed E-state index contributed by atoms with van der Waals surface area (Å²) in [5.41, 5.74) is 0.606. The zero-order chi connectivity index (χ0) is 12.1. The molecule has 0 radical (unpaired) electrons. The lowest BCUT2D eigenvalue weighted by atomic mass is 9.83. The van der Waals surface area contributed by atoms with Crippen LogP contribution in [0.2, 0.25) is 0 Å². The minimum absolute atomic E-state index is 0.545. The molecule has 0 aromatic heterocycles. The van der Waals surface area contributed by atoms with Crippen molar-refractivity contribution in [2.75, 3.05) is 33.4 Å². The standard InChI is InChI=1S/C14H28N2O/c1-3-14(6-4-5-7-14)11-16-8-12-9-17-10-13(12)15-2/h12-13,15-16H,3-11H2,1-2H3. The van der Waals surface area contributed by atoms with Gasteiger partial charge in [0.25, 0.3) is 0 Å². The number of ether oxygens (including phenoxy) is 1. The fraction of sp³-hybridized carbons (Fsp3) is 1.00. The highest BCUT2D eigenvalue weighted by molar-refractivity contribution is 4.87. The third-order valence-corrected chi connectivity index (χ3v) is 4.89. The molecular formula is C14H28N2O. The number of likely N-dealkylation sites (N-methyl/N-ethyl adjacent to an activating group) is 1. The molecule has 2 aliphatic rings. The lowest BCUT2D eigenvalue weighted by Crippen LogP contribution is -2.41. The Morgan fingerprint density at radius 3 is 2.65 bits per heavy atom. The SMILES string of the molecule is CCC1(CNCC2COCC2NC)CCCC1. The normalized spacial score (nSPS) is 32.1. The van der Waals surface area contributed by atoms with Crippen molar-refractivity contribution in [1.82, 2.24) is 10.6 Å². The van der Waals surface area contributed by atoms with Crippen LogP contribution < -0.4 is 10.6 Å². The van der Waals surface area contributed by atoms with E-state index in [4.69, 9.17) is 4.74 Å². The van der Waals surface area contributed by atoms with E-state index in [1.54, 1.807) is 0 Å². The van der Waals surface area contributed by atoms with Crippen molar-refractivity contribution in [3.63, 3.8) is 0 Å². The molecule has 0 aromatic carbocycles. The molecule has 1 heterocycles. The van der Waals surface area contributed by atoms with Crippen molar-refractivity contribution in [2.45, 2.75) is 45.1 Å². The second kappa shape index (κ2) is 6.17. The molecule has 1 aliphatic carbocycles. The monoisotopic (exact) mass is 240 g/mol. The molecule has 0 spiro atoms. The summed E-state index contributed by atoms with van der Waals surface area (Å²) in [5, 5.41) is 7.06. The van der Waals surface area contributed by atoms with Gasteiger partial charge in [-0.3, -0.25) is 0 Å². The predicted molar refractivity (Wildman–Crippen MR) is 71.2 cm³/mol. The molecule has 0 amide bonds. The molecule has 0 bridgehead atoms. The summed E-state index contributed by atoms with van der Waals surface area (Å²) in [7, 11) is 2.04. The zero-order valence-electron chi connectivity index (χ0n) is 11.4. The van der Waals surface area contributed by atoms with Gasteiger partial charge in [-0.2, -0.15) is 0 Å². The minimum atomic E-state index is 0.545. The number of rotatable bonds is 6. The number of nitrogens with one attached hydrogen (secondary N) is 2. The Hall–Kier alpha value is -0.120. The molecule has 3 heteroatoms. The quantitative estimate of drug-likeness (QED) is 0.742. The van der Waals surface area contributed by atoms with Crippen molar-refractivity contribution in [3.05, 3.63) is 0 Å². The predicted octanol–water partition coefficient (Wildman–Crippen LogP) is 1.78. The highest BCUT2D eigenvalue weighted by atomic mass is 16.5. The first kappa shape index (κ1) is 13.3. The summed E-state index contributed by atoms with van der Waals surface area (Å²) >= 11 is 0. The van der Waals surface area contributed by atoms with Crippen molar-refractivity contribution in [3.8, 4) is 0 Å². The van der Waals surface area contributed by atoms with Crippen LogP contribution in [0.3, 0.4) is 0 Å². The number of hydrogen-bond donors (Lipinski definition) is 2. The Balaban J connectivity index is 1.71. The maximum Gasteiger partial charge on any atom is 0.0623 e. The smallest absolute Gasteiger partial charge is 0.0623 e. The first-order valence-electron chi connectivity index (χ1n) is 7.25. The molecule has 1 saturated carbocycles. The van der Waals surface area contributed by atoms with Crippen molar-refractivity contribution in [1.29, 1.82) is 0 Å². The molecule has 2 atom stereocenters.